The number of hydrogen-bond acceptors (Lipinski definition) is 5. The second-order valence-electron chi connectivity index (χ2n) is 5.72. The first-order valence-corrected chi connectivity index (χ1v) is 8.94. The maximum Gasteiger partial charge on any atom is 0.289 e. The predicted molar refractivity (Wildman–Crippen MR) is 108 cm³/mol. The SMILES string of the molecule is CCOc1ccc(/C=N\NC(=O)c2cc(-c3ccc(Cl)cc3)n[nH]2)cc1OC. The standard InChI is InChI=1S/C20H19ClN4O3/c1-3-28-18-9-4-13(10-19(18)27-2)12-22-25-20(26)17-11-16(23-24-17)14-5-7-15(21)8-6-14/h4-12H,3H2,1-2H3,(H,23,24)(H,25,26)/b22-12-. The van der Waals surface area contributed by atoms with E-state index in [0.29, 0.717) is 34.5 Å². The van der Waals surface area contributed by atoms with Crippen LogP contribution in [-0.4, -0.2) is 36.0 Å². The summed E-state index contributed by atoms with van der Waals surface area (Å²) < 4.78 is 10.8. The molecule has 28 heavy (non-hydrogen) atoms. The quantitative estimate of drug-likeness (QED) is 0.466. The zero-order chi connectivity index (χ0) is 19.9. The molecule has 1 aromatic heterocycles. The molecule has 0 radical (unpaired) electrons. The minimum Gasteiger partial charge on any atom is -0.493 e. The molecule has 2 aromatic carbocycles. The highest BCUT2D eigenvalue weighted by atomic mass is 35.5. The average molecular weight is 399 g/mol. The molecule has 0 saturated carbocycles. The highest BCUT2D eigenvalue weighted by molar-refractivity contribution is 6.30. The number of aromatic amines is 1. The molecular formula is C20H19ClN4O3. The van der Waals surface area contributed by atoms with Crippen LogP contribution < -0.4 is 14.9 Å². The van der Waals surface area contributed by atoms with Gasteiger partial charge in [-0.1, -0.05) is 23.7 Å². The molecule has 0 atom stereocenters. The molecule has 0 spiro atoms. The second kappa shape index (κ2) is 9.05. The Kier molecular flexibility index (Phi) is 6.29. The maximum atomic E-state index is 12.2. The first-order chi connectivity index (χ1) is 13.6. The Bertz CT molecular complexity index is 983. The third-order valence-corrected chi connectivity index (χ3v) is 4.08. The maximum absolute atomic E-state index is 12.2. The normalized spacial score (nSPS) is 10.8. The van der Waals surface area contributed by atoms with Gasteiger partial charge in [-0.25, -0.2) is 5.43 Å². The second-order valence-corrected chi connectivity index (χ2v) is 6.15. The van der Waals surface area contributed by atoms with Crippen molar-refractivity contribution in [3.8, 4) is 22.8 Å². The lowest BCUT2D eigenvalue weighted by Crippen LogP contribution is -2.18. The summed E-state index contributed by atoms with van der Waals surface area (Å²) in [5.41, 5.74) is 5.01. The largest absolute Gasteiger partial charge is 0.493 e. The number of ether oxygens (including phenoxy) is 2. The van der Waals surface area contributed by atoms with Crippen LogP contribution in [0, 0.1) is 0 Å². The molecule has 0 aliphatic carbocycles. The summed E-state index contributed by atoms with van der Waals surface area (Å²) in [6.07, 6.45) is 1.52. The van der Waals surface area contributed by atoms with Gasteiger partial charge in [0.25, 0.3) is 5.91 Å². The number of carbonyl (C=O) groups is 1. The van der Waals surface area contributed by atoms with Crippen molar-refractivity contribution in [1.82, 2.24) is 15.6 Å². The van der Waals surface area contributed by atoms with E-state index in [2.05, 4.69) is 20.7 Å². The van der Waals surface area contributed by atoms with E-state index in [1.54, 1.807) is 37.4 Å². The summed E-state index contributed by atoms with van der Waals surface area (Å²) in [6.45, 7) is 2.44. The molecule has 0 aliphatic heterocycles. The van der Waals surface area contributed by atoms with E-state index >= 15 is 0 Å². The number of H-pyrrole nitrogens is 1. The molecule has 0 fully saturated rings. The van der Waals surface area contributed by atoms with Gasteiger partial charge < -0.3 is 9.47 Å². The molecule has 3 rings (SSSR count). The summed E-state index contributed by atoms with van der Waals surface area (Å²) in [6, 6.07) is 14.2. The molecule has 144 valence electrons. The van der Waals surface area contributed by atoms with Crippen LogP contribution >= 0.6 is 11.6 Å². The monoisotopic (exact) mass is 398 g/mol. The van der Waals surface area contributed by atoms with E-state index < -0.39 is 5.91 Å². The number of nitrogens with zero attached hydrogens (tertiary/aromatic N) is 2. The fourth-order valence-electron chi connectivity index (χ4n) is 2.47. The van der Waals surface area contributed by atoms with E-state index in [9.17, 15) is 4.79 Å². The molecule has 3 aromatic rings. The van der Waals surface area contributed by atoms with Gasteiger partial charge >= 0.3 is 0 Å². The highest BCUT2D eigenvalue weighted by Gasteiger charge is 2.10. The molecular weight excluding hydrogens is 380 g/mol. The third kappa shape index (κ3) is 4.69. The number of methoxy groups -OCH3 is 1. The van der Waals surface area contributed by atoms with E-state index in [4.69, 9.17) is 21.1 Å². The number of hydrogen-bond donors (Lipinski definition) is 2. The number of rotatable bonds is 7. The van der Waals surface area contributed by atoms with Crippen LogP contribution in [0.2, 0.25) is 5.02 Å². The molecule has 1 amide bonds. The zero-order valence-corrected chi connectivity index (χ0v) is 16.2. The minimum atomic E-state index is -0.401. The number of nitrogens with one attached hydrogen (secondary N) is 2. The van der Waals surface area contributed by atoms with Gasteiger partial charge in [-0.05, 0) is 48.9 Å². The molecule has 8 heteroatoms. The predicted octanol–water partition coefficient (Wildman–Crippen LogP) is 3.90. The Balaban J connectivity index is 1.65. The van der Waals surface area contributed by atoms with Gasteiger partial charge in [0.05, 0.1) is 25.6 Å². The van der Waals surface area contributed by atoms with Crippen molar-refractivity contribution in [3.05, 3.63) is 64.8 Å². The topological polar surface area (TPSA) is 88.6 Å². The van der Waals surface area contributed by atoms with Crippen molar-refractivity contribution >= 4 is 23.7 Å². The Hall–Kier alpha value is -3.32. The first-order valence-electron chi connectivity index (χ1n) is 8.56. The Morgan fingerprint density at radius 1 is 1.21 bits per heavy atom. The van der Waals surface area contributed by atoms with Crippen LogP contribution in [0.3, 0.4) is 0 Å². The van der Waals surface area contributed by atoms with Crippen molar-refractivity contribution < 1.29 is 14.3 Å². The van der Waals surface area contributed by atoms with Crippen LogP contribution in [0.5, 0.6) is 11.5 Å². The Labute approximate surface area is 167 Å². The van der Waals surface area contributed by atoms with Crippen molar-refractivity contribution in [1.29, 1.82) is 0 Å². The number of benzene rings is 2. The summed E-state index contributed by atoms with van der Waals surface area (Å²) in [5.74, 6) is 0.846. The number of aromatic nitrogens is 2. The van der Waals surface area contributed by atoms with E-state index in [1.807, 2.05) is 25.1 Å². The smallest absolute Gasteiger partial charge is 0.289 e. The van der Waals surface area contributed by atoms with Crippen LogP contribution in [0.1, 0.15) is 23.0 Å². The number of amides is 1. The van der Waals surface area contributed by atoms with Crippen molar-refractivity contribution in [2.75, 3.05) is 13.7 Å². The van der Waals surface area contributed by atoms with E-state index in [1.165, 1.54) is 6.21 Å². The van der Waals surface area contributed by atoms with Gasteiger partial charge in [0.1, 0.15) is 5.69 Å². The summed E-state index contributed by atoms with van der Waals surface area (Å²) in [7, 11) is 1.57. The Morgan fingerprint density at radius 3 is 2.71 bits per heavy atom. The van der Waals surface area contributed by atoms with Crippen molar-refractivity contribution in [2.45, 2.75) is 6.92 Å². The lowest BCUT2D eigenvalue weighted by Gasteiger charge is -2.09. The van der Waals surface area contributed by atoms with Gasteiger partial charge in [0.2, 0.25) is 0 Å². The third-order valence-electron chi connectivity index (χ3n) is 3.83. The molecule has 7 nitrogen and oxygen atoms in total. The molecule has 0 bridgehead atoms. The minimum absolute atomic E-state index is 0.298. The first kappa shape index (κ1) is 19.4. The molecule has 1 heterocycles. The average Bonchev–Trinajstić information content (AvgIpc) is 3.20. The van der Waals surface area contributed by atoms with E-state index in [-0.39, 0.29) is 0 Å². The molecule has 0 unspecified atom stereocenters. The van der Waals surface area contributed by atoms with E-state index in [0.717, 1.165) is 11.1 Å². The van der Waals surface area contributed by atoms with Gasteiger partial charge in [0.15, 0.2) is 11.5 Å². The highest BCUT2D eigenvalue weighted by Crippen LogP contribution is 2.27. The van der Waals surface area contributed by atoms with Gasteiger partial charge in [0, 0.05) is 10.6 Å². The van der Waals surface area contributed by atoms with Gasteiger partial charge in [-0.15, -0.1) is 0 Å². The van der Waals surface area contributed by atoms with Gasteiger partial charge in [-0.2, -0.15) is 10.2 Å². The number of hydrazone groups is 1. The Morgan fingerprint density at radius 2 is 2.00 bits per heavy atom. The molecule has 2 N–H and O–H groups in total. The van der Waals surface area contributed by atoms with Crippen molar-refractivity contribution in [3.63, 3.8) is 0 Å². The number of halogens is 1. The van der Waals surface area contributed by atoms with Crippen molar-refractivity contribution in [2.24, 2.45) is 5.10 Å². The lowest BCUT2D eigenvalue weighted by atomic mass is 10.1. The summed E-state index contributed by atoms with van der Waals surface area (Å²) in [5, 5.41) is 11.5. The lowest BCUT2D eigenvalue weighted by molar-refractivity contribution is 0.0950. The molecule has 0 saturated heterocycles. The van der Waals surface area contributed by atoms with Gasteiger partial charge in [-0.3, -0.25) is 9.89 Å². The number of carbonyl (C=O) groups excluding carboxylic acids is 1. The zero-order valence-electron chi connectivity index (χ0n) is 15.4. The van der Waals surface area contributed by atoms with Crippen LogP contribution in [0.15, 0.2) is 53.6 Å². The summed E-state index contributed by atoms with van der Waals surface area (Å²) in [4.78, 5) is 12.2. The fraction of sp³-hybridized carbons (Fsp3) is 0.150. The molecule has 0 aliphatic rings. The summed E-state index contributed by atoms with van der Waals surface area (Å²) >= 11 is 5.88. The van der Waals surface area contributed by atoms with Crippen LogP contribution in [0.4, 0.5) is 0 Å². The van der Waals surface area contributed by atoms with Crippen LogP contribution in [-0.2, 0) is 0 Å². The van der Waals surface area contributed by atoms with Crippen LogP contribution in [0.25, 0.3) is 11.3 Å². The fourth-order valence-corrected chi connectivity index (χ4v) is 2.60.